The van der Waals surface area contributed by atoms with Crippen LogP contribution >= 0.6 is 0 Å². The Kier molecular flexibility index (Phi) is 9.32. The predicted molar refractivity (Wildman–Crippen MR) is 94.3 cm³/mol. The van der Waals surface area contributed by atoms with Crippen molar-refractivity contribution in [2.45, 2.75) is 40.2 Å². The Bertz CT molecular complexity index is 437. The summed E-state index contributed by atoms with van der Waals surface area (Å²) in [6.45, 7) is 12.8. The normalized spacial score (nSPS) is 21.9. The molecule has 0 aliphatic carbocycles. The van der Waals surface area contributed by atoms with Crippen LogP contribution in [0.3, 0.4) is 0 Å². The molecule has 2 rings (SSSR count). The lowest BCUT2D eigenvalue weighted by molar-refractivity contribution is -0.165. The fraction of sp³-hybridized carbons (Fsp3) is 0.938. The minimum absolute atomic E-state index is 0.0550. The van der Waals surface area contributed by atoms with Crippen LogP contribution in [-0.4, -0.2) is 81.6 Å². The molecule has 2 saturated heterocycles. The molecule has 2 heterocycles. The van der Waals surface area contributed by atoms with Gasteiger partial charge in [0.05, 0.1) is 17.4 Å². The van der Waals surface area contributed by atoms with Crippen molar-refractivity contribution in [3.8, 4) is 0 Å². The highest BCUT2D eigenvalue weighted by atomic mass is 32.2. The van der Waals surface area contributed by atoms with Crippen molar-refractivity contribution in [3.05, 3.63) is 0 Å². The smallest absolute Gasteiger partial charge is 0.312 e. The Morgan fingerprint density at radius 1 is 1.00 bits per heavy atom. The molecule has 7 heteroatoms. The molecule has 23 heavy (non-hydrogen) atoms. The molecule has 0 N–H and O–H groups in total. The highest BCUT2D eigenvalue weighted by Gasteiger charge is 2.33. The second-order valence-electron chi connectivity index (χ2n) is 6.91. The third-order valence-corrected chi connectivity index (χ3v) is 4.98. The van der Waals surface area contributed by atoms with Crippen LogP contribution in [0.5, 0.6) is 0 Å². The highest BCUT2D eigenvalue weighted by Crippen LogP contribution is 2.18. The van der Waals surface area contributed by atoms with E-state index >= 15 is 0 Å². The highest BCUT2D eigenvalue weighted by molar-refractivity contribution is 7.91. The lowest BCUT2D eigenvalue weighted by Crippen LogP contribution is -2.49. The van der Waals surface area contributed by atoms with Gasteiger partial charge in [-0.1, -0.05) is 13.8 Å². The lowest BCUT2D eigenvalue weighted by atomic mass is 10.0. The average Bonchev–Trinajstić information content (AvgIpc) is 2.40. The second-order valence-corrected chi connectivity index (χ2v) is 9.21. The van der Waals surface area contributed by atoms with E-state index in [2.05, 4.69) is 4.90 Å². The number of carbonyl (C=O) groups excluding carboxylic acids is 1. The molecule has 2 aliphatic heterocycles. The summed E-state index contributed by atoms with van der Waals surface area (Å²) in [6.07, 6.45) is 0. The maximum Gasteiger partial charge on any atom is 0.312 e. The van der Waals surface area contributed by atoms with Crippen LogP contribution in [0.1, 0.15) is 34.6 Å². The van der Waals surface area contributed by atoms with E-state index < -0.39 is 9.84 Å². The van der Waals surface area contributed by atoms with Crippen LogP contribution in [0.2, 0.25) is 0 Å². The molecule has 2 aliphatic rings. The minimum atomic E-state index is -2.66. The summed E-state index contributed by atoms with van der Waals surface area (Å²) in [5.74, 6) is 0.724. The zero-order chi connectivity index (χ0) is 18.3. The molecule has 0 aromatic heterocycles. The molecule has 0 spiro atoms. The lowest BCUT2D eigenvalue weighted by Gasteiger charge is -2.35. The van der Waals surface area contributed by atoms with Crippen molar-refractivity contribution in [1.82, 2.24) is 9.80 Å². The third kappa shape index (κ3) is 9.94. The Balaban J connectivity index is 0.000000392. The molecule has 138 valence electrons. The number of carbonyl (C=O) groups is 1. The summed E-state index contributed by atoms with van der Waals surface area (Å²) in [6, 6.07) is 0. The quantitative estimate of drug-likeness (QED) is 0.663. The average molecular weight is 351 g/mol. The number of esters is 1. The minimum Gasteiger partial charge on any atom is -0.460 e. The van der Waals surface area contributed by atoms with Gasteiger partial charge in [-0.25, -0.2) is 8.42 Å². The van der Waals surface area contributed by atoms with Gasteiger partial charge in [-0.15, -0.1) is 0 Å². The number of likely N-dealkylation sites (tertiary alicyclic amines) is 1. The first-order chi connectivity index (χ1) is 10.5. The molecule has 0 bridgehead atoms. The molecular weight excluding hydrogens is 316 g/mol. The Hall–Kier alpha value is -0.660. The number of nitrogens with zero attached hydrogens (tertiary/aromatic N) is 2. The maximum atomic E-state index is 11.3. The van der Waals surface area contributed by atoms with E-state index in [1.165, 1.54) is 0 Å². The van der Waals surface area contributed by atoms with E-state index in [-0.39, 0.29) is 17.5 Å². The summed E-state index contributed by atoms with van der Waals surface area (Å²) in [5, 5.41) is 0. The number of hydrogen-bond donors (Lipinski definition) is 0. The van der Waals surface area contributed by atoms with Gasteiger partial charge >= 0.3 is 5.97 Å². The number of sulfone groups is 1. The van der Waals surface area contributed by atoms with Crippen LogP contribution in [0, 0.1) is 5.92 Å². The van der Waals surface area contributed by atoms with Crippen molar-refractivity contribution < 1.29 is 17.9 Å². The molecule has 0 aromatic carbocycles. The van der Waals surface area contributed by atoms with Gasteiger partial charge in [0.2, 0.25) is 0 Å². The zero-order valence-corrected chi connectivity index (χ0v) is 16.6. The summed E-state index contributed by atoms with van der Waals surface area (Å²) >= 11 is 0. The van der Waals surface area contributed by atoms with Crippen molar-refractivity contribution in [1.29, 1.82) is 0 Å². The van der Waals surface area contributed by atoms with Gasteiger partial charge in [-0.2, -0.15) is 0 Å². The van der Waals surface area contributed by atoms with E-state index in [9.17, 15) is 13.2 Å². The molecule has 0 atom stereocenters. The Morgan fingerprint density at radius 3 is 1.74 bits per heavy atom. The van der Waals surface area contributed by atoms with Gasteiger partial charge in [0, 0.05) is 26.2 Å². The number of rotatable bonds is 1. The molecule has 2 fully saturated rings. The van der Waals surface area contributed by atoms with Crippen LogP contribution in [0.4, 0.5) is 0 Å². The monoisotopic (exact) mass is 350 g/mol. The van der Waals surface area contributed by atoms with E-state index in [0.29, 0.717) is 24.6 Å². The zero-order valence-electron chi connectivity index (χ0n) is 15.8. The second kappa shape index (κ2) is 9.59. The summed E-state index contributed by atoms with van der Waals surface area (Å²) < 4.78 is 26.8. The van der Waals surface area contributed by atoms with Gasteiger partial charge < -0.3 is 14.5 Å². The summed E-state index contributed by atoms with van der Waals surface area (Å²) in [5.41, 5.74) is -0.342. The molecule has 0 amide bonds. The van der Waals surface area contributed by atoms with E-state index in [1.807, 2.05) is 53.6 Å². The van der Waals surface area contributed by atoms with Crippen LogP contribution in [-0.2, 0) is 19.4 Å². The van der Waals surface area contributed by atoms with Crippen molar-refractivity contribution in [3.63, 3.8) is 0 Å². The summed E-state index contributed by atoms with van der Waals surface area (Å²) in [4.78, 5) is 15.5. The largest absolute Gasteiger partial charge is 0.460 e. The topological polar surface area (TPSA) is 66.9 Å². The van der Waals surface area contributed by atoms with Crippen molar-refractivity contribution in [2.24, 2.45) is 5.92 Å². The summed E-state index contributed by atoms with van der Waals surface area (Å²) in [7, 11) is 1.28. The molecule has 0 saturated carbocycles. The standard InChI is InChI=1S/C9H17NO2.C5H11NO2S.C2H6/c1-9(2,3)12-8(11)7-5-10(4)6-7;1-6-2-4-9(7,8)5-3-6;1-2/h7H,5-6H2,1-4H3;2-5H2,1H3;1-2H3. The number of ether oxygens (including phenoxy) is 1. The van der Waals surface area contributed by atoms with Gasteiger partial charge in [0.15, 0.2) is 9.84 Å². The van der Waals surface area contributed by atoms with E-state index in [4.69, 9.17) is 4.74 Å². The van der Waals surface area contributed by atoms with Gasteiger partial charge in [0.25, 0.3) is 0 Å². The first-order valence-corrected chi connectivity index (χ1v) is 10.1. The fourth-order valence-corrected chi connectivity index (χ4v) is 3.42. The fourth-order valence-electron chi connectivity index (χ4n) is 2.04. The van der Waals surface area contributed by atoms with Gasteiger partial charge in [-0.05, 0) is 34.9 Å². The first-order valence-electron chi connectivity index (χ1n) is 8.29. The Morgan fingerprint density at radius 2 is 1.43 bits per heavy atom. The number of hydrogen-bond acceptors (Lipinski definition) is 6. The SMILES string of the molecule is CC.CN1CC(C(=O)OC(C)(C)C)C1.CN1CCS(=O)(=O)CC1. The third-order valence-electron chi connectivity index (χ3n) is 3.37. The molecule has 6 nitrogen and oxygen atoms in total. The van der Waals surface area contributed by atoms with E-state index in [0.717, 1.165) is 13.1 Å². The maximum absolute atomic E-state index is 11.3. The molecular formula is C16H34N2O4S. The first kappa shape index (κ1) is 22.3. The molecule has 0 unspecified atom stereocenters. The Labute approximate surface area is 142 Å². The van der Waals surface area contributed by atoms with Crippen molar-refractivity contribution >= 4 is 15.8 Å². The molecule has 0 aromatic rings. The van der Waals surface area contributed by atoms with E-state index in [1.54, 1.807) is 0 Å². The molecule has 0 radical (unpaired) electrons. The van der Waals surface area contributed by atoms with Gasteiger partial charge in [-0.3, -0.25) is 4.79 Å². The van der Waals surface area contributed by atoms with Crippen LogP contribution in [0.25, 0.3) is 0 Å². The van der Waals surface area contributed by atoms with Crippen molar-refractivity contribution in [2.75, 3.05) is 51.8 Å². The van der Waals surface area contributed by atoms with Crippen LogP contribution in [0.15, 0.2) is 0 Å². The van der Waals surface area contributed by atoms with Gasteiger partial charge in [0.1, 0.15) is 5.60 Å². The predicted octanol–water partition coefficient (Wildman–Crippen LogP) is 1.26. The van der Waals surface area contributed by atoms with Crippen LogP contribution < -0.4 is 0 Å².